The van der Waals surface area contributed by atoms with E-state index < -0.39 is 0 Å². The van der Waals surface area contributed by atoms with Gasteiger partial charge in [0.1, 0.15) is 0 Å². The third kappa shape index (κ3) is 2.35. The molecule has 0 aliphatic rings. The molecule has 0 amide bonds. The van der Waals surface area contributed by atoms with Crippen molar-refractivity contribution < 1.29 is 5.11 Å². The van der Waals surface area contributed by atoms with Gasteiger partial charge < -0.3 is 5.11 Å². The zero-order valence-corrected chi connectivity index (χ0v) is 8.11. The van der Waals surface area contributed by atoms with Crippen molar-refractivity contribution in [3.63, 3.8) is 0 Å². The van der Waals surface area contributed by atoms with Gasteiger partial charge in [-0.15, -0.1) is 5.10 Å². The van der Waals surface area contributed by atoms with Crippen molar-refractivity contribution in [2.45, 2.75) is 13.0 Å². The van der Waals surface area contributed by atoms with E-state index in [1.165, 1.54) is 0 Å². The Kier molecular flexibility index (Phi) is 2.99. The van der Waals surface area contributed by atoms with Gasteiger partial charge in [-0.25, -0.2) is 4.68 Å². The normalized spacial score (nSPS) is 10.5. The largest absolute Gasteiger partial charge is 0.394 e. The lowest BCUT2D eigenvalue weighted by Crippen LogP contribution is -2.09. The molecule has 15 heavy (non-hydrogen) atoms. The van der Waals surface area contributed by atoms with Gasteiger partial charge in [0.15, 0.2) is 5.82 Å². The van der Waals surface area contributed by atoms with Crippen LogP contribution in [0.3, 0.4) is 0 Å². The second-order valence-electron chi connectivity index (χ2n) is 3.04. The van der Waals surface area contributed by atoms with Crippen molar-refractivity contribution in [1.82, 2.24) is 25.2 Å². The summed E-state index contributed by atoms with van der Waals surface area (Å²) in [5.74, 6) is 0.711. The smallest absolute Gasteiger partial charge is 0.157 e. The summed E-state index contributed by atoms with van der Waals surface area (Å²) in [4.78, 5) is 4.18. The number of hydrogen-bond acceptors (Lipinski definition) is 5. The van der Waals surface area contributed by atoms with Gasteiger partial charge in [-0.2, -0.15) is 0 Å². The van der Waals surface area contributed by atoms with E-state index in [2.05, 4.69) is 20.5 Å². The molecule has 6 heteroatoms. The Morgan fingerprint density at radius 2 is 2.27 bits per heavy atom. The van der Waals surface area contributed by atoms with E-state index >= 15 is 0 Å². The minimum absolute atomic E-state index is 0.0280. The minimum atomic E-state index is 0.0280. The Bertz CT molecular complexity index is 413. The third-order valence-electron chi connectivity index (χ3n) is 1.98. The molecule has 0 saturated carbocycles. The number of rotatable bonds is 4. The maximum Gasteiger partial charge on any atom is 0.157 e. The molecule has 6 nitrogen and oxygen atoms in total. The topological polar surface area (TPSA) is 76.7 Å². The van der Waals surface area contributed by atoms with E-state index in [0.29, 0.717) is 18.8 Å². The highest BCUT2D eigenvalue weighted by Gasteiger charge is 2.06. The van der Waals surface area contributed by atoms with Crippen molar-refractivity contribution in [3.05, 3.63) is 35.9 Å². The monoisotopic (exact) mass is 205 g/mol. The first-order valence-electron chi connectivity index (χ1n) is 4.66. The van der Waals surface area contributed by atoms with Gasteiger partial charge in [-0.1, -0.05) is 6.07 Å². The first-order valence-corrected chi connectivity index (χ1v) is 4.66. The molecule has 0 saturated heterocycles. The fraction of sp³-hybridized carbons (Fsp3) is 0.333. The number of tetrazole rings is 1. The zero-order chi connectivity index (χ0) is 10.5. The molecule has 0 aromatic carbocycles. The van der Waals surface area contributed by atoms with Crippen molar-refractivity contribution in [3.8, 4) is 0 Å². The molecular formula is C9H11N5O. The molecule has 0 radical (unpaired) electrons. The summed E-state index contributed by atoms with van der Waals surface area (Å²) < 4.78 is 1.58. The Morgan fingerprint density at radius 3 is 3.00 bits per heavy atom. The quantitative estimate of drug-likeness (QED) is 0.738. The zero-order valence-electron chi connectivity index (χ0n) is 8.11. The molecule has 0 bridgehead atoms. The van der Waals surface area contributed by atoms with Crippen LogP contribution in [-0.4, -0.2) is 36.9 Å². The van der Waals surface area contributed by atoms with E-state index in [-0.39, 0.29) is 6.61 Å². The van der Waals surface area contributed by atoms with Crippen molar-refractivity contribution in [2.24, 2.45) is 0 Å². The van der Waals surface area contributed by atoms with Crippen LogP contribution in [0.25, 0.3) is 0 Å². The highest BCUT2D eigenvalue weighted by atomic mass is 16.3. The average Bonchev–Trinajstić information content (AvgIpc) is 2.68. The Hall–Kier alpha value is -1.82. The predicted octanol–water partition coefficient (Wildman–Crippen LogP) is -0.349. The van der Waals surface area contributed by atoms with Crippen molar-refractivity contribution >= 4 is 0 Å². The fourth-order valence-corrected chi connectivity index (χ4v) is 1.28. The summed E-state index contributed by atoms with van der Waals surface area (Å²) in [7, 11) is 0. The van der Waals surface area contributed by atoms with Gasteiger partial charge in [-0.3, -0.25) is 4.98 Å². The standard InChI is InChI=1S/C9H11N5O/c15-6-5-14-9(11-12-13-14)7-8-3-1-2-4-10-8/h1-4,15H,5-7H2. The number of hydrogen-bond donors (Lipinski definition) is 1. The van der Waals surface area contributed by atoms with Crippen LogP contribution in [0.5, 0.6) is 0 Å². The van der Waals surface area contributed by atoms with Gasteiger partial charge in [-0.05, 0) is 22.6 Å². The second kappa shape index (κ2) is 4.61. The lowest BCUT2D eigenvalue weighted by atomic mass is 10.2. The highest BCUT2D eigenvalue weighted by molar-refractivity contribution is 5.08. The SMILES string of the molecule is OCCn1nnnc1Cc1ccccn1. The van der Waals surface area contributed by atoms with Gasteiger partial charge in [0.2, 0.25) is 0 Å². The van der Waals surface area contributed by atoms with Gasteiger partial charge in [0.25, 0.3) is 0 Å². The molecular weight excluding hydrogens is 194 g/mol. The molecule has 2 aromatic rings. The Labute approximate surface area is 86.6 Å². The number of aromatic nitrogens is 5. The molecule has 0 spiro atoms. The minimum Gasteiger partial charge on any atom is -0.394 e. The van der Waals surface area contributed by atoms with Crippen molar-refractivity contribution in [1.29, 1.82) is 0 Å². The van der Waals surface area contributed by atoms with Crippen LogP contribution < -0.4 is 0 Å². The summed E-state index contributed by atoms with van der Waals surface area (Å²) in [5, 5.41) is 20.0. The van der Waals surface area contributed by atoms with Crippen molar-refractivity contribution in [2.75, 3.05) is 6.61 Å². The van der Waals surface area contributed by atoms with Crippen LogP contribution in [-0.2, 0) is 13.0 Å². The maximum atomic E-state index is 8.80. The fourth-order valence-electron chi connectivity index (χ4n) is 1.28. The van der Waals surface area contributed by atoms with Crippen LogP contribution in [0.4, 0.5) is 0 Å². The van der Waals surface area contributed by atoms with Gasteiger partial charge in [0.05, 0.1) is 19.6 Å². The lowest BCUT2D eigenvalue weighted by Gasteiger charge is -2.01. The average molecular weight is 205 g/mol. The Morgan fingerprint density at radius 1 is 1.33 bits per heavy atom. The van der Waals surface area contributed by atoms with E-state index in [1.807, 2.05) is 18.2 Å². The summed E-state index contributed by atoms with van der Waals surface area (Å²) in [6.07, 6.45) is 2.31. The first kappa shape index (κ1) is 9.72. The molecule has 78 valence electrons. The number of aliphatic hydroxyl groups is 1. The van der Waals surface area contributed by atoms with Crippen LogP contribution >= 0.6 is 0 Å². The van der Waals surface area contributed by atoms with Crippen LogP contribution in [0.2, 0.25) is 0 Å². The van der Waals surface area contributed by atoms with E-state index in [0.717, 1.165) is 5.69 Å². The predicted molar refractivity (Wildman–Crippen MR) is 51.9 cm³/mol. The molecule has 0 atom stereocenters. The lowest BCUT2D eigenvalue weighted by molar-refractivity contribution is 0.266. The molecule has 0 aliphatic carbocycles. The van der Waals surface area contributed by atoms with Crippen LogP contribution in [0.15, 0.2) is 24.4 Å². The van der Waals surface area contributed by atoms with Gasteiger partial charge >= 0.3 is 0 Å². The molecule has 2 rings (SSSR count). The van der Waals surface area contributed by atoms with E-state index in [9.17, 15) is 0 Å². The Balaban J connectivity index is 2.14. The molecule has 0 aliphatic heterocycles. The summed E-state index contributed by atoms with van der Waals surface area (Å²) >= 11 is 0. The summed E-state index contributed by atoms with van der Waals surface area (Å²) in [5.41, 5.74) is 0.909. The maximum absolute atomic E-state index is 8.80. The molecule has 2 aromatic heterocycles. The number of nitrogens with zero attached hydrogens (tertiary/aromatic N) is 5. The van der Waals surface area contributed by atoms with E-state index in [1.54, 1.807) is 10.9 Å². The van der Waals surface area contributed by atoms with Crippen LogP contribution in [0.1, 0.15) is 11.5 Å². The molecule has 2 heterocycles. The summed E-state index contributed by atoms with van der Waals surface area (Å²) in [6, 6.07) is 5.70. The molecule has 0 unspecified atom stereocenters. The first-order chi connectivity index (χ1) is 7.40. The summed E-state index contributed by atoms with van der Waals surface area (Å²) in [6.45, 7) is 0.440. The number of pyridine rings is 1. The highest BCUT2D eigenvalue weighted by Crippen LogP contribution is 2.02. The van der Waals surface area contributed by atoms with E-state index in [4.69, 9.17) is 5.11 Å². The second-order valence-corrected chi connectivity index (χ2v) is 3.04. The van der Waals surface area contributed by atoms with Gasteiger partial charge in [0, 0.05) is 11.9 Å². The molecule has 0 fully saturated rings. The third-order valence-corrected chi connectivity index (χ3v) is 1.98. The number of aliphatic hydroxyl groups excluding tert-OH is 1. The molecule has 1 N–H and O–H groups in total. The van der Waals surface area contributed by atoms with Crippen LogP contribution in [0, 0.1) is 0 Å².